The standard InChI is InChI=1S/C12H12ClN/c1-10-3-4-11-5-8-14(7-2-6-13)12(11)9-10/h2-6,8-9H,7H2,1H3/b6-2+. The molecule has 0 aliphatic heterocycles. The number of rotatable bonds is 2. The normalized spacial score (nSPS) is 11.6. The lowest BCUT2D eigenvalue weighted by molar-refractivity contribution is 0.864. The van der Waals surface area contributed by atoms with Crippen molar-refractivity contribution in [3.63, 3.8) is 0 Å². The van der Waals surface area contributed by atoms with Crippen LogP contribution in [0, 0.1) is 6.92 Å². The Balaban J connectivity index is 2.49. The number of halogens is 1. The average Bonchev–Trinajstić information content (AvgIpc) is 2.57. The first-order valence-electron chi connectivity index (χ1n) is 4.62. The maximum Gasteiger partial charge on any atom is 0.0485 e. The lowest BCUT2D eigenvalue weighted by Crippen LogP contribution is -1.91. The summed E-state index contributed by atoms with van der Waals surface area (Å²) in [4.78, 5) is 0. The minimum atomic E-state index is 0.830. The molecule has 0 amide bonds. The molecule has 0 saturated carbocycles. The summed E-state index contributed by atoms with van der Waals surface area (Å²) < 4.78 is 2.18. The molecule has 14 heavy (non-hydrogen) atoms. The minimum absolute atomic E-state index is 0.830. The van der Waals surface area contributed by atoms with E-state index in [0.717, 1.165) is 6.54 Å². The smallest absolute Gasteiger partial charge is 0.0485 e. The van der Waals surface area contributed by atoms with Gasteiger partial charge in [0.05, 0.1) is 0 Å². The fraction of sp³-hybridized carbons (Fsp3) is 0.167. The monoisotopic (exact) mass is 205 g/mol. The van der Waals surface area contributed by atoms with Crippen molar-refractivity contribution < 1.29 is 0 Å². The zero-order valence-electron chi connectivity index (χ0n) is 8.07. The van der Waals surface area contributed by atoms with E-state index in [0.29, 0.717) is 0 Å². The number of aryl methyl sites for hydroxylation is 1. The van der Waals surface area contributed by atoms with Gasteiger partial charge in [-0.05, 0) is 30.0 Å². The maximum absolute atomic E-state index is 5.51. The third kappa shape index (κ3) is 1.68. The van der Waals surface area contributed by atoms with Crippen LogP contribution in [0.5, 0.6) is 0 Å². The number of fused-ring (bicyclic) bond motifs is 1. The summed E-state index contributed by atoms with van der Waals surface area (Å²) in [6.45, 7) is 2.94. The van der Waals surface area contributed by atoms with Gasteiger partial charge in [-0.15, -0.1) is 0 Å². The molecule has 2 rings (SSSR count). The molecule has 0 unspecified atom stereocenters. The minimum Gasteiger partial charge on any atom is -0.344 e. The molecule has 0 radical (unpaired) electrons. The van der Waals surface area contributed by atoms with Crippen LogP contribution in [0.4, 0.5) is 0 Å². The summed E-state index contributed by atoms with van der Waals surface area (Å²) >= 11 is 5.51. The molecule has 2 aromatic rings. The van der Waals surface area contributed by atoms with E-state index in [4.69, 9.17) is 11.6 Å². The molecule has 0 fully saturated rings. The van der Waals surface area contributed by atoms with Crippen LogP contribution in [-0.4, -0.2) is 4.57 Å². The molecular formula is C12H12ClN. The van der Waals surface area contributed by atoms with E-state index in [-0.39, 0.29) is 0 Å². The number of allylic oxidation sites excluding steroid dienone is 1. The van der Waals surface area contributed by atoms with Gasteiger partial charge in [0, 0.05) is 23.8 Å². The van der Waals surface area contributed by atoms with Gasteiger partial charge in [0.1, 0.15) is 0 Å². The number of nitrogens with zero attached hydrogens (tertiary/aromatic N) is 1. The largest absolute Gasteiger partial charge is 0.344 e. The molecule has 0 bridgehead atoms. The van der Waals surface area contributed by atoms with Crippen molar-refractivity contribution in [3.05, 3.63) is 47.6 Å². The van der Waals surface area contributed by atoms with Crippen molar-refractivity contribution >= 4 is 22.5 Å². The van der Waals surface area contributed by atoms with E-state index in [1.165, 1.54) is 16.5 Å². The highest BCUT2D eigenvalue weighted by Crippen LogP contribution is 2.17. The van der Waals surface area contributed by atoms with Gasteiger partial charge in [0.15, 0.2) is 0 Å². The predicted molar refractivity (Wildman–Crippen MR) is 61.7 cm³/mol. The van der Waals surface area contributed by atoms with Crippen LogP contribution in [0.25, 0.3) is 10.9 Å². The van der Waals surface area contributed by atoms with Gasteiger partial charge in [-0.25, -0.2) is 0 Å². The van der Waals surface area contributed by atoms with Gasteiger partial charge in [-0.2, -0.15) is 0 Å². The van der Waals surface area contributed by atoms with Crippen molar-refractivity contribution in [2.75, 3.05) is 0 Å². The molecule has 0 spiro atoms. The number of aromatic nitrogens is 1. The molecule has 2 heteroatoms. The van der Waals surface area contributed by atoms with E-state index < -0.39 is 0 Å². The molecule has 72 valence electrons. The molecule has 0 N–H and O–H groups in total. The fourth-order valence-corrected chi connectivity index (χ4v) is 1.69. The maximum atomic E-state index is 5.51. The molecule has 1 nitrogen and oxygen atoms in total. The van der Waals surface area contributed by atoms with Crippen molar-refractivity contribution in [3.8, 4) is 0 Å². The summed E-state index contributed by atoms with van der Waals surface area (Å²) in [6.07, 6.45) is 4.02. The first-order valence-corrected chi connectivity index (χ1v) is 5.05. The molecule has 0 atom stereocenters. The van der Waals surface area contributed by atoms with Gasteiger partial charge in [-0.1, -0.05) is 29.8 Å². The Labute approximate surface area is 88.6 Å². The summed E-state index contributed by atoms with van der Waals surface area (Å²) in [6, 6.07) is 8.59. The Morgan fingerprint density at radius 3 is 3.00 bits per heavy atom. The first-order chi connectivity index (χ1) is 6.81. The summed E-state index contributed by atoms with van der Waals surface area (Å²) in [5, 5.41) is 1.28. The molecule has 1 aromatic heterocycles. The van der Waals surface area contributed by atoms with Crippen LogP contribution < -0.4 is 0 Å². The second kappa shape index (κ2) is 3.89. The summed E-state index contributed by atoms with van der Waals surface area (Å²) in [5.74, 6) is 0. The van der Waals surface area contributed by atoms with Crippen molar-refractivity contribution in [1.82, 2.24) is 4.57 Å². The Morgan fingerprint density at radius 2 is 2.21 bits per heavy atom. The predicted octanol–water partition coefficient (Wildman–Crippen LogP) is 3.70. The van der Waals surface area contributed by atoms with Crippen molar-refractivity contribution in [2.45, 2.75) is 13.5 Å². The van der Waals surface area contributed by atoms with E-state index >= 15 is 0 Å². The molecule has 0 saturated heterocycles. The van der Waals surface area contributed by atoms with Crippen LogP contribution >= 0.6 is 11.6 Å². The fourth-order valence-electron chi connectivity index (χ4n) is 1.61. The van der Waals surface area contributed by atoms with Gasteiger partial charge in [0.2, 0.25) is 0 Å². The van der Waals surface area contributed by atoms with Gasteiger partial charge in [0.25, 0.3) is 0 Å². The van der Waals surface area contributed by atoms with Crippen LogP contribution in [0.2, 0.25) is 0 Å². The molecule has 0 aliphatic carbocycles. The van der Waals surface area contributed by atoms with Crippen LogP contribution in [0.3, 0.4) is 0 Å². The number of hydrogen-bond acceptors (Lipinski definition) is 0. The van der Waals surface area contributed by atoms with Gasteiger partial charge < -0.3 is 4.57 Å². The van der Waals surface area contributed by atoms with Crippen molar-refractivity contribution in [2.24, 2.45) is 0 Å². The zero-order chi connectivity index (χ0) is 9.97. The lowest BCUT2D eigenvalue weighted by Gasteiger charge is -2.01. The SMILES string of the molecule is Cc1ccc2ccn(C/C=C/Cl)c2c1. The average molecular weight is 206 g/mol. The number of hydrogen-bond donors (Lipinski definition) is 0. The molecule has 1 aromatic carbocycles. The van der Waals surface area contributed by atoms with E-state index in [9.17, 15) is 0 Å². The highest BCUT2D eigenvalue weighted by molar-refractivity contribution is 6.25. The molecule has 0 aliphatic rings. The topological polar surface area (TPSA) is 4.93 Å². The van der Waals surface area contributed by atoms with Gasteiger partial charge >= 0.3 is 0 Å². The summed E-state index contributed by atoms with van der Waals surface area (Å²) in [7, 11) is 0. The van der Waals surface area contributed by atoms with E-state index in [1.54, 1.807) is 5.54 Å². The third-order valence-corrected chi connectivity index (χ3v) is 2.50. The number of benzene rings is 1. The van der Waals surface area contributed by atoms with Crippen LogP contribution in [-0.2, 0) is 6.54 Å². The lowest BCUT2D eigenvalue weighted by atomic mass is 10.2. The van der Waals surface area contributed by atoms with E-state index in [1.807, 2.05) is 6.08 Å². The zero-order valence-corrected chi connectivity index (χ0v) is 8.83. The second-order valence-electron chi connectivity index (χ2n) is 3.39. The Hall–Kier alpha value is -1.21. The van der Waals surface area contributed by atoms with Crippen LogP contribution in [0.1, 0.15) is 5.56 Å². The highest BCUT2D eigenvalue weighted by Gasteiger charge is 1.98. The molecule has 1 heterocycles. The van der Waals surface area contributed by atoms with Crippen LogP contribution in [0.15, 0.2) is 42.1 Å². The Bertz CT molecular complexity index is 468. The van der Waals surface area contributed by atoms with E-state index in [2.05, 4.69) is 42.0 Å². The third-order valence-electron chi connectivity index (χ3n) is 2.32. The first kappa shape index (κ1) is 9.35. The quantitative estimate of drug-likeness (QED) is 0.705. The Morgan fingerprint density at radius 1 is 1.36 bits per heavy atom. The summed E-state index contributed by atoms with van der Waals surface area (Å²) in [5.41, 5.74) is 4.11. The molecular weight excluding hydrogens is 194 g/mol. The highest BCUT2D eigenvalue weighted by atomic mass is 35.5. The second-order valence-corrected chi connectivity index (χ2v) is 3.64. The Kier molecular flexibility index (Phi) is 2.60. The van der Waals surface area contributed by atoms with Crippen molar-refractivity contribution in [1.29, 1.82) is 0 Å². The van der Waals surface area contributed by atoms with Gasteiger partial charge in [-0.3, -0.25) is 0 Å².